The van der Waals surface area contributed by atoms with Crippen molar-refractivity contribution in [1.82, 2.24) is 0 Å². The van der Waals surface area contributed by atoms with E-state index in [9.17, 15) is 5.11 Å². The van der Waals surface area contributed by atoms with Crippen LogP contribution in [-0.4, -0.2) is 22.9 Å². The summed E-state index contributed by atoms with van der Waals surface area (Å²) in [6, 6.07) is 2.28. The molecule has 1 rings (SSSR count). The Morgan fingerprint density at radius 3 is 2.57 bits per heavy atom. The first-order chi connectivity index (χ1) is 6.52. The highest BCUT2D eigenvalue weighted by molar-refractivity contribution is 5.09. The monoisotopic (exact) mass is 197 g/mol. The molecule has 0 radical (unpaired) electrons. The summed E-state index contributed by atoms with van der Waals surface area (Å²) in [7, 11) is 0. The first-order valence-electron chi connectivity index (χ1n) is 5.29. The first kappa shape index (κ1) is 11.5. The van der Waals surface area contributed by atoms with Gasteiger partial charge in [-0.3, -0.25) is 0 Å². The molecule has 0 amide bonds. The fraction of sp³-hybridized carbons (Fsp3) is 0.909. The SMILES string of the molecule is CC(O)C(C)OC1(C#N)CCCC1C. The lowest BCUT2D eigenvalue weighted by Gasteiger charge is -2.31. The van der Waals surface area contributed by atoms with E-state index in [0.717, 1.165) is 19.3 Å². The quantitative estimate of drug-likeness (QED) is 0.751. The summed E-state index contributed by atoms with van der Waals surface area (Å²) in [6.45, 7) is 5.55. The van der Waals surface area contributed by atoms with Crippen molar-refractivity contribution in [3.63, 3.8) is 0 Å². The van der Waals surface area contributed by atoms with Gasteiger partial charge in [0.05, 0.1) is 18.3 Å². The molecule has 1 aliphatic rings. The molecule has 3 heteroatoms. The van der Waals surface area contributed by atoms with Crippen LogP contribution in [0.4, 0.5) is 0 Å². The summed E-state index contributed by atoms with van der Waals surface area (Å²) < 4.78 is 5.71. The van der Waals surface area contributed by atoms with Gasteiger partial charge in [-0.2, -0.15) is 5.26 Å². The van der Waals surface area contributed by atoms with Crippen LogP contribution in [0.1, 0.15) is 40.0 Å². The van der Waals surface area contributed by atoms with E-state index >= 15 is 0 Å². The first-order valence-corrected chi connectivity index (χ1v) is 5.29. The lowest BCUT2D eigenvalue weighted by molar-refractivity contribution is -0.108. The highest BCUT2D eigenvalue weighted by atomic mass is 16.5. The molecule has 1 saturated carbocycles. The number of hydrogen-bond donors (Lipinski definition) is 1. The van der Waals surface area contributed by atoms with Gasteiger partial charge >= 0.3 is 0 Å². The third-order valence-electron chi connectivity index (χ3n) is 3.25. The van der Waals surface area contributed by atoms with Crippen molar-refractivity contribution in [2.45, 2.75) is 57.8 Å². The summed E-state index contributed by atoms with van der Waals surface area (Å²) in [4.78, 5) is 0. The van der Waals surface area contributed by atoms with Crippen LogP contribution < -0.4 is 0 Å². The molecule has 1 N–H and O–H groups in total. The maximum Gasteiger partial charge on any atom is 0.157 e. The maximum absolute atomic E-state index is 9.34. The minimum Gasteiger partial charge on any atom is -0.391 e. The highest BCUT2D eigenvalue weighted by Gasteiger charge is 2.43. The summed E-state index contributed by atoms with van der Waals surface area (Å²) >= 11 is 0. The van der Waals surface area contributed by atoms with Crippen molar-refractivity contribution in [2.75, 3.05) is 0 Å². The minimum absolute atomic E-state index is 0.268. The largest absolute Gasteiger partial charge is 0.391 e. The Labute approximate surface area is 85.7 Å². The number of nitrogens with zero attached hydrogens (tertiary/aromatic N) is 1. The molecule has 3 nitrogen and oxygen atoms in total. The summed E-state index contributed by atoms with van der Waals surface area (Å²) in [5, 5.41) is 18.5. The van der Waals surface area contributed by atoms with Crippen molar-refractivity contribution in [3.8, 4) is 6.07 Å². The molecule has 1 aliphatic carbocycles. The average molecular weight is 197 g/mol. The van der Waals surface area contributed by atoms with Crippen LogP contribution in [0.15, 0.2) is 0 Å². The van der Waals surface area contributed by atoms with Crippen molar-refractivity contribution in [2.24, 2.45) is 5.92 Å². The fourth-order valence-electron chi connectivity index (χ4n) is 1.95. The zero-order valence-electron chi connectivity index (χ0n) is 9.16. The second kappa shape index (κ2) is 4.29. The molecule has 14 heavy (non-hydrogen) atoms. The number of hydrogen-bond acceptors (Lipinski definition) is 3. The van der Waals surface area contributed by atoms with E-state index in [0.29, 0.717) is 0 Å². The molecule has 0 aliphatic heterocycles. The molecule has 0 aromatic carbocycles. The van der Waals surface area contributed by atoms with E-state index in [1.807, 2.05) is 13.8 Å². The second-order valence-electron chi connectivity index (χ2n) is 4.36. The molecule has 0 spiro atoms. The summed E-state index contributed by atoms with van der Waals surface area (Å²) in [5.74, 6) is 0.272. The van der Waals surface area contributed by atoms with Crippen LogP contribution in [0, 0.1) is 17.2 Å². The Balaban J connectivity index is 2.68. The van der Waals surface area contributed by atoms with Crippen LogP contribution >= 0.6 is 0 Å². The molecular formula is C11H19NO2. The third kappa shape index (κ3) is 2.08. The molecule has 0 aromatic heterocycles. The Morgan fingerprint density at radius 2 is 2.21 bits per heavy atom. The van der Waals surface area contributed by atoms with Gasteiger partial charge in [0, 0.05) is 0 Å². The van der Waals surface area contributed by atoms with E-state index in [4.69, 9.17) is 10.00 Å². The molecule has 0 bridgehead atoms. The van der Waals surface area contributed by atoms with E-state index < -0.39 is 11.7 Å². The number of aliphatic hydroxyl groups excluding tert-OH is 1. The molecular weight excluding hydrogens is 178 g/mol. The lowest BCUT2D eigenvalue weighted by atomic mass is 9.93. The van der Waals surface area contributed by atoms with Crippen LogP contribution in [0.25, 0.3) is 0 Å². The molecule has 4 atom stereocenters. The number of ether oxygens (including phenoxy) is 1. The zero-order valence-corrected chi connectivity index (χ0v) is 9.16. The predicted octanol–water partition coefficient (Wildman–Crippen LogP) is 1.85. The smallest absolute Gasteiger partial charge is 0.157 e. The molecule has 0 aromatic rings. The van der Waals surface area contributed by atoms with Crippen LogP contribution in [0.3, 0.4) is 0 Å². The van der Waals surface area contributed by atoms with Gasteiger partial charge in [-0.15, -0.1) is 0 Å². The molecule has 4 unspecified atom stereocenters. The van der Waals surface area contributed by atoms with E-state index in [-0.39, 0.29) is 12.0 Å². The van der Waals surface area contributed by atoms with Crippen molar-refractivity contribution in [1.29, 1.82) is 5.26 Å². The Kier molecular flexibility index (Phi) is 3.52. The molecule has 0 heterocycles. The third-order valence-corrected chi connectivity index (χ3v) is 3.25. The zero-order chi connectivity index (χ0) is 10.8. The number of nitriles is 1. The number of aliphatic hydroxyl groups is 1. The fourth-order valence-corrected chi connectivity index (χ4v) is 1.95. The van der Waals surface area contributed by atoms with E-state index in [2.05, 4.69) is 6.07 Å². The minimum atomic E-state index is -0.656. The van der Waals surface area contributed by atoms with Crippen molar-refractivity contribution in [3.05, 3.63) is 0 Å². The van der Waals surface area contributed by atoms with Gasteiger partial charge in [0.25, 0.3) is 0 Å². The van der Waals surface area contributed by atoms with Gasteiger partial charge in [-0.1, -0.05) is 6.92 Å². The average Bonchev–Trinajstić information content (AvgIpc) is 2.48. The normalized spacial score (nSPS) is 36.4. The molecule has 1 fully saturated rings. The topological polar surface area (TPSA) is 53.2 Å². The Hall–Kier alpha value is -0.590. The van der Waals surface area contributed by atoms with Gasteiger partial charge in [-0.05, 0) is 39.0 Å². The number of rotatable bonds is 3. The van der Waals surface area contributed by atoms with Crippen molar-refractivity contribution < 1.29 is 9.84 Å². The van der Waals surface area contributed by atoms with E-state index in [1.54, 1.807) is 6.92 Å². The summed E-state index contributed by atoms with van der Waals surface area (Å²) in [6.07, 6.45) is 2.09. The van der Waals surface area contributed by atoms with Gasteiger partial charge in [0.2, 0.25) is 0 Å². The molecule has 80 valence electrons. The van der Waals surface area contributed by atoms with Gasteiger partial charge < -0.3 is 9.84 Å². The summed E-state index contributed by atoms with van der Waals surface area (Å²) in [5.41, 5.74) is -0.656. The van der Waals surface area contributed by atoms with Crippen LogP contribution in [0.2, 0.25) is 0 Å². The van der Waals surface area contributed by atoms with Gasteiger partial charge in [0.1, 0.15) is 0 Å². The van der Waals surface area contributed by atoms with E-state index in [1.165, 1.54) is 0 Å². The standard InChI is InChI=1S/C11H19NO2/c1-8-5-4-6-11(8,7-12)14-10(3)9(2)13/h8-10,13H,4-6H2,1-3H3. The maximum atomic E-state index is 9.34. The van der Waals surface area contributed by atoms with Crippen LogP contribution in [-0.2, 0) is 4.74 Å². The predicted molar refractivity (Wildman–Crippen MR) is 53.6 cm³/mol. The van der Waals surface area contributed by atoms with Gasteiger partial charge in [0.15, 0.2) is 5.60 Å². The lowest BCUT2D eigenvalue weighted by Crippen LogP contribution is -2.40. The Morgan fingerprint density at radius 1 is 1.57 bits per heavy atom. The molecule has 0 saturated heterocycles. The highest BCUT2D eigenvalue weighted by Crippen LogP contribution is 2.39. The second-order valence-corrected chi connectivity index (χ2v) is 4.36. The van der Waals surface area contributed by atoms with Crippen molar-refractivity contribution >= 4 is 0 Å². The van der Waals surface area contributed by atoms with Gasteiger partial charge in [-0.25, -0.2) is 0 Å². The van der Waals surface area contributed by atoms with Crippen LogP contribution in [0.5, 0.6) is 0 Å². The Bertz CT molecular complexity index is 234.